The molecule has 0 aromatic heterocycles. The number of carbonyl (C=O) groups excluding carboxylic acids is 1. The fourth-order valence-corrected chi connectivity index (χ4v) is 2.72. The summed E-state index contributed by atoms with van der Waals surface area (Å²) in [4.78, 5) is 12.2. The Kier molecular flexibility index (Phi) is 3.94. The third kappa shape index (κ3) is 3.02. The third-order valence-corrected chi connectivity index (χ3v) is 4.08. The summed E-state index contributed by atoms with van der Waals surface area (Å²) in [5, 5.41) is 13.0. The Bertz CT molecular complexity index is 668. The summed E-state index contributed by atoms with van der Waals surface area (Å²) in [6.07, 6.45) is 0.570. The molecule has 0 saturated heterocycles. The molecular formula is C18H18FNO2. The number of carbonyl (C=O) groups is 1. The fraction of sp³-hybridized carbons (Fsp3) is 0.278. The minimum atomic E-state index is -0.849. The first-order chi connectivity index (χ1) is 10.6. The lowest BCUT2D eigenvalue weighted by molar-refractivity contribution is -0.124. The minimum Gasteiger partial charge on any atom is -0.388 e. The maximum atomic E-state index is 13.9. The Morgan fingerprint density at radius 3 is 2.41 bits per heavy atom. The molecule has 1 aliphatic rings. The molecule has 0 spiro atoms. The highest BCUT2D eigenvalue weighted by atomic mass is 19.1. The van der Waals surface area contributed by atoms with Crippen LogP contribution in [0.25, 0.3) is 0 Å². The van der Waals surface area contributed by atoms with Crippen LogP contribution in [-0.2, 0) is 10.3 Å². The lowest BCUT2D eigenvalue weighted by Crippen LogP contribution is -2.36. The Balaban J connectivity index is 1.66. The maximum absolute atomic E-state index is 13.9. The quantitative estimate of drug-likeness (QED) is 0.891. The van der Waals surface area contributed by atoms with Crippen molar-refractivity contribution in [2.24, 2.45) is 0 Å². The van der Waals surface area contributed by atoms with Crippen LogP contribution in [0.2, 0.25) is 0 Å². The molecule has 1 saturated carbocycles. The molecule has 1 aliphatic carbocycles. The maximum Gasteiger partial charge on any atom is 0.223 e. The number of aliphatic hydroxyl groups is 1. The molecule has 22 heavy (non-hydrogen) atoms. The summed E-state index contributed by atoms with van der Waals surface area (Å²) >= 11 is 0. The van der Waals surface area contributed by atoms with E-state index in [4.69, 9.17) is 0 Å². The van der Waals surface area contributed by atoms with Crippen LogP contribution >= 0.6 is 0 Å². The average Bonchev–Trinajstić information content (AvgIpc) is 3.28. The number of benzene rings is 2. The molecule has 0 radical (unpaired) electrons. The number of hydrogen-bond acceptors (Lipinski definition) is 2. The van der Waals surface area contributed by atoms with Crippen LogP contribution in [0.5, 0.6) is 0 Å². The average molecular weight is 299 g/mol. The number of aliphatic hydroxyl groups excluding tert-OH is 1. The van der Waals surface area contributed by atoms with E-state index < -0.39 is 11.6 Å². The van der Waals surface area contributed by atoms with Gasteiger partial charge in [0.2, 0.25) is 5.91 Å². The second-order valence-corrected chi connectivity index (χ2v) is 5.74. The smallest absolute Gasteiger partial charge is 0.223 e. The molecule has 2 aromatic carbocycles. The van der Waals surface area contributed by atoms with Crippen molar-refractivity contribution in [2.45, 2.75) is 30.9 Å². The molecule has 1 atom stereocenters. The van der Waals surface area contributed by atoms with E-state index in [0.29, 0.717) is 11.1 Å². The van der Waals surface area contributed by atoms with Crippen LogP contribution in [0.1, 0.15) is 36.5 Å². The highest BCUT2D eigenvalue weighted by molar-refractivity contribution is 5.78. The van der Waals surface area contributed by atoms with Gasteiger partial charge < -0.3 is 10.4 Å². The summed E-state index contributed by atoms with van der Waals surface area (Å²) < 4.78 is 13.9. The monoisotopic (exact) mass is 299 g/mol. The fourth-order valence-electron chi connectivity index (χ4n) is 2.72. The number of nitrogens with one attached hydrogen (secondary N) is 1. The van der Waals surface area contributed by atoms with E-state index in [2.05, 4.69) is 5.32 Å². The number of hydrogen-bond donors (Lipinski definition) is 2. The summed E-state index contributed by atoms with van der Waals surface area (Å²) in [7, 11) is 0. The third-order valence-electron chi connectivity index (χ3n) is 4.08. The van der Waals surface area contributed by atoms with Crippen molar-refractivity contribution in [3.8, 4) is 0 Å². The molecular weight excluding hydrogens is 281 g/mol. The number of rotatable bonds is 5. The van der Waals surface area contributed by atoms with Crippen molar-refractivity contribution in [3.05, 3.63) is 71.5 Å². The zero-order chi connectivity index (χ0) is 15.6. The van der Waals surface area contributed by atoms with Gasteiger partial charge in [-0.3, -0.25) is 4.79 Å². The van der Waals surface area contributed by atoms with E-state index in [1.165, 1.54) is 6.07 Å². The van der Waals surface area contributed by atoms with Gasteiger partial charge in [0.05, 0.1) is 18.1 Å². The van der Waals surface area contributed by atoms with Crippen LogP contribution in [0.4, 0.5) is 4.39 Å². The van der Waals surface area contributed by atoms with E-state index in [0.717, 1.165) is 12.8 Å². The van der Waals surface area contributed by atoms with Crippen LogP contribution < -0.4 is 5.32 Å². The van der Waals surface area contributed by atoms with Gasteiger partial charge in [-0.25, -0.2) is 4.39 Å². The Hall–Kier alpha value is -2.20. The molecule has 1 fully saturated rings. The molecule has 4 heteroatoms. The molecule has 3 nitrogen and oxygen atoms in total. The molecule has 0 bridgehead atoms. The molecule has 114 valence electrons. The number of halogens is 1. The molecule has 3 rings (SSSR count). The van der Waals surface area contributed by atoms with Crippen molar-refractivity contribution in [2.75, 3.05) is 0 Å². The Labute approximate surface area is 128 Å². The first kappa shape index (κ1) is 14.7. The van der Waals surface area contributed by atoms with Crippen molar-refractivity contribution in [1.82, 2.24) is 5.32 Å². The van der Waals surface area contributed by atoms with E-state index >= 15 is 0 Å². The van der Waals surface area contributed by atoms with Gasteiger partial charge in [0.15, 0.2) is 0 Å². The lowest BCUT2D eigenvalue weighted by Gasteiger charge is -2.20. The van der Waals surface area contributed by atoms with Crippen molar-refractivity contribution < 1.29 is 14.3 Å². The van der Waals surface area contributed by atoms with Crippen molar-refractivity contribution in [1.29, 1.82) is 0 Å². The van der Waals surface area contributed by atoms with Crippen LogP contribution in [-0.4, -0.2) is 11.0 Å². The summed E-state index contributed by atoms with van der Waals surface area (Å²) in [6, 6.07) is 15.6. The molecule has 0 aliphatic heterocycles. The number of amides is 1. The topological polar surface area (TPSA) is 49.3 Å². The van der Waals surface area contributed by atoms with Gasteiger partial charge in [-0.05, 0) is 24.5 Å². The second kappa shape index (κ2) is 5.89. The normalized spacial score (nSPS) is 16.8. The largest absolute Gasteiger partial charge is 0.388 e. The van der Waals surface area contributed by atoms with Gasteiger partial charge in [0.25, 0.3) is 0 Å². The SMILES string of the molecule is O=C(CC(O)c1ccccc1)NC1(c2ccccc2F)CC1. The lowest BCUT2D eigenvalue weighted by atomic mass is 10.0. The van der Waals surface area contributed by atoms with E-state index in [9.17, 15) is 14.3 Å². The molecule has 2 N–H and O–H groups in total. The van der Waals surface area contributed by atoms with Gasteiger partial charge in [0, 0.05) is 5.56 Å². The summed E-state index contributed by atoms with van der Waals surface area (Å²) in [5.41, 5.74) is 0.629. The standard InChI is InChI=1S/C18H18FNO2/c19-15-9-5-4-8-14(15)18(10-11-18)20-17(22)12-16(21)13-6-2-1-3-7-13/h1-9,16,21H,10-12H2,(H,20,22). The Morgan fingerprint density at radius 1 is 1.14 bits per heavy atom. The minimum absolute atomic E-state index is 0.0276. The molecule has 1 amide bonds. The molecule has 1 unspecified atom stereocenters. The zero-order valence-corrected chi connectivity index (χ0v) is 12.1. The van der Waals surface area contributed by atoms with Crippen LogP contribution in [0, 0.1) is 5.82 Å². The van der Waals surface area contributed by atoms with E-state index in [-0.39, 0.29) is 18.1 Å². The van der Waals surface area contributed by atoms with E-state index in [1.54, 1.807) is 30.3 Å². The van der Waals surface area contributed by atoms with Gasteiger partial charge in [-0.1, -0.05) is 48.5 Å². The summed E-state index contributed by atoms with van der Waals surface area (Å²) in [6.45, 7) is 0. The van der Waals surface area contributed by atoms with Crippen molar-refractivity contribution in [3.63, 3.8) is 0 Å². The van der Waals surface area contributed by atoms with Gasteiger partial charge in [-0.15, -0.1) is 0 Å². The highest BCUT2D eigenvalue weighted by Crippen LogP contribution is 2.46. The first-order valence-electron chi connectivity index (χ1n) is 7.40. The van der Waals surface area contributed by atoms with Crippen LogP contribution in [0.15, 0.2) is 54.6 Å². The Morgan fingerprint density at radius 2 is 1.77 bits per heavy atom. The zero-order valence-electron chi connectivity index (χ0n) is 12.1. The summed E-state index contributed by atoms with van der Waals surface area (Å²) in [5.74, 6) is -0.569. The first-order valence-corrected chi connectivity index (χ1v) is 7.40. The molecule has 0 heterocycles. The van der Waals surface area contributed by atoms with E-state index in [1.807, 2.05) is 18.2 Å². The van der Waals surface area contributed by atoms with Crippen molar-refractivity contribution >= 4 is 5.91 Å². The highest BCUT2D eigenvalue weighted by Gasteiger charge is 2.47. The van der Waals surface area contributed by atoms with Crippen LogP contribution in [0.3, 0.4) is 0 Å². The predicted molar refractivity (Wildman–Crippen MR) is 81.5 cm³/mol. The molecule has 2 aromatic rings. The second-order valence-electron chi connectivity index (χ2n) is 5.74. The van der Waals surface area contributed by atoms with Gasteiger partial charge in [0.1, 0.15) is 5.82 Å². The predicted octanol–water partition coefficient (Wildman–Crippen LogP) is 3.05. The van der Waals surface area contributed by atoms with Gasteiger partial charge in [-0.2, -0.15) is 0 Å². The van der Waals surface area contributed by atoms with Gasteiger partial charge >= 0.3 is 0 Å².